The topological polar surface area (TPSA) is 62.3 Å². The quantitative estimate of drug-likeness (QED) is 0.573. The minimum absolute atomic E-state index is 0.0300. The molecule has 1 saturated heterocycles. The van der Waals surface area contributed by atoms with Crippen LogP contribution in [0.5, 0.6) is 0 Å². The smallest absolute Gasteiger partial charge is 0.229 e. The summed E-state index contributed by atoms with van der Waals surface area (Å²) in [5, 5.41) is 6.03. The first-order valence-corrected chi connectivity index (χ1v) is 9.63. The maximum absolute atomic E-state index is 12.9. The summed E-state index contributed by atoms with van der Waals surface area (Å²) in [7, 11) is 0. The van der Waals surface area contributed by atoms with Gasteiger partial charge >= 0.3 is 0 Å². The molecule has 1 fully saturated rings. The Morgan fingerprint density at radius 1 is 0.931 bits per heavy atom. The average molecular weight is 381 g/mol. The number of benzene rings is 3. The fraction of sp³-hybridized carbons (Fsp3) is 0.125. The van der Waals surface area contributed by atoms with Crippen molar-refractivity contribution < 1.29 is 9.59 Å². The van der Waals surface area contributed by atoms with Crippen molar-refractivity contribution in [2.24, 2.45) is 5.92 Å². The van der Waals surface area contributed by atoms with E-state index in [2.05, 4.69) is 10.3 Å². The van der Waals surface area contributed by atoms with Crippen molar-refractivity contribution in [3.8, 4) is 0 Å². The molecule has 0 bridgehead atoms. The summed E-state index contributed by atoms with van der Waals surface area (Å²) in [6.45, 7) is 0.372. The Labute approximate surface area is 168 Å². The molecule has 5 nitrogen and oxygen atoms in total. The number of carbonyl (C=O) groups excluding carboxylic acids is 2. The van der Waals surface area contributed by atoms with Crippen LogP contribution < -0.4 is 10.2 Å². The fourth-order valence-corrected chi connectivity index (χ4v) is 4.00. The second-order valence-electron chi connectivity index (χ2n) is 7.27. The van der Waals surface area contributed by atoms with E-state index in [1.165, 1.54) is 0 Å². The van der Waals surface area contributed by atoms with Gasteiger partial charge in [-0.15, -0.1) is 0 Å². The van der Waals surface area contributed by atoms with Gasteiger partial charge in [0, 0.05) is 29.9 Å². The summed E-state index contributed by atoms with van der Waals surface area (Å²) < 4.78 is 0. The molecule has 2 amide bonds. The highest BCUT2D eigenvalue weighted by atomic mass is 16.2. The predicted molar refractivity (Wildman–Crippen MR) is 115 cm³/mol. The molecule has 142 valence electrons. The van der Waals surface area contributed by atoms with E-state index in [0.29, 0.717) is 12.2 Å². The zero-order valence-electron chi connectivity index (χ0n) is 15.7. The van der Waals surface area contributed by atoms with Gasteiger partial charge in [-0.3, -0.25) is 14.6 Å². The molecule has 1 aromatic heterocycles. The average Bonchev–Trinajstić information content (AvgIpc) is 3.15. The van der Waals surface area contributed by atoms with Crippen LogP contribution in [0.3, 0.4) is 0 Å². The molecule has 3 aromatic carbocycles. The van der Waals surface area contributed by atoms with Crippen LogP contribution in [0.15, 0.2) is 79.0 Å². The minimum Gasteiger partial charge on any atom is -0.324 e. The molecule has 0 aliphatic carbocycles. The van der Waals surface area contributed by atoms with Crippen molar-refractivity contribution in [3.05, 3.63) is 79.0 Å². The summed E-state index contributed by atoms with van der Waals surface area (Å²) in [5.41, 5.74) is 2.28. The van der Waals surface area contributed by atoms with E-state index in [1.807, 2.05) is 72.8 Å². The number of rotatable bonds is 3. The minimum atomic E-state index is -0.402. The lowest BCUT2D eigenvalue weighted by Gasteiger charge is -2.19. The number of fused-ring (bicyclic) bond motifs is 2. The zero-order chi connectivity index (χ0) is 19.8. The summed E-state index contributed by atoms with van der Waals surface area (Å²) in [4.78, 5) is 31.8. The summed E-state index contributed by atoms with van der Waals surface area (Å²) in [5.74, 6) is -0.586. The highest BCUT2D eigenvalue weighted by molar-refractivity contribution is 6.09. The summed E-state index contributed by atoms with van der Waals surface area (Å²) in [6.07, 6.45) is 1.91. The van der Waals surface area contributed by atoms with Crippen molar-refractivity contribution in [1.29, 1.82) is 0 Å². The van der Waals surface area contributed by atoms with E-state index >= 15 is 0 Å². The van der Waals surface area contributed by atoms with Crippen molar-refractivity contribution >= 4 is 44.9 Å². The maximum atomic E-state index is 12.9. The lowest BCUT2D eigenvalue weighted by Crippen LogP contribution is -2.28. The highest BCUT2D eigenvalue weighted by Crippen LogP contribution is 2.32. The molecular weight excluding hydrogens is 362 g/mol. The van der Waals surface area contributed by atoms with Crippen molar-refractivity contribution in [1.82, 2.24) is 4.98 Å². The van der Waals surface area contributed by atoms with E-state index in [1.54, 1.807) is 11.1 Å². The van der Waals surface area contributed by atoms with E-state index in [4.69, 9.17) is 0 Å². The van der Waals surface area contributed by atoms with Crippen LogP contribution in [0.4, 0.5) is 11.4 Å². The van der Waals surface area contributed by atoms with Gasteiger partial charge in [-0.1, -0.05) is 54.6 Å². The van der Waals surface area contributed by atoms with Crippen LogP contribution in [0.25, 0.3) is 21.7 Å². The Balaban J connectivity index is 1.40. The second-order valence-corrected chi connectivity index (χ2v) is 7.27. The van der Waals surface area contributed by atoms with Gasteiger partial charge in [0.25, 0.3) is 0 Å². The Morgan fingerprint density at radius 3 is 2.62 bits per heavy atom. The number of hydrogen-bond acceptors (Lipinski definition) is 3. The maximum Gasteiger partial charge on any atom is 0.229 e. The first-order valence-electron chi connectivity index (χ1n) is 9.63. The lowest BCUT2D eigenvalue weighted by atomic mass is 10.1. The fourth-order valence-electron chi connectivity index (χ4n) is 4.00. The van der Waals surface area contributed by atoms with Gasteiger partial charge in [0.15, 0.2) is 0 Å². The monoisotopic (exact) mass is 381 g/mol. The first-order chi connectivity index (χ1) is 14.2. The molecule has 4 aromatic rings. The van der Waals surface area contributed by atoms with E-state index in [9.17, 15) is 9.59 Å². The van der Waals surface area contributed by atoms with E-state index < -0.39 is 5.92 Å². The first kappa shape index (κ1) is 17.4. The molecule has 1 atom stereocenters. The van der Waals surface area contributed by atoms with Crippen LogP contribution in [0.2, 0.25) is 0 Å². The number of carbonyl (C=O) groups is 2. The predicted octanol–water partition coefficient (Wildman–Crippen LogP) is 4.38. The number of aromatic nitrogens is 1. The molecule has 1 N–H and O–H groups in total. The summed E-state index contributed by atoms with van der Waals surface area (Å²) >= 11 is 0. The van der Waals surface area contributed by atoms with E-state index in [-0.39, 0.29) is 18.2 Å². The van der Waals surface area contributed by atoms with Gasteiger partial charge < -0.3 is 10.2 Å². The number of nitrogens with zero attached hydrogens (tertiary/aromatic N) is 2. The number of amides is 2. The molecule has 0 radical (unpaired) electrons. The largest absolute Gasteiger partial charge is 0.324 e. The molecule has 0 saturated carbocycles. The summed E-state index contributed by atoms with van der Waals surface area (Å²) in [6, 6.07) is 23.4. The van der Waals surface area contributed by atoms with Gasteiger partial charge in [-0.05, 0) is 23.6 Å². The molecule has 5 heteroatoms. The Kier molecular flexibility index (Phi) is 4.21. The zero-order valence-corrected chi connectivity index (χ0v) is 15.7. The van der Waals surface area contributed by atoms with Crippen molar-refractivity contribution in [2.75, 3.05) is 16.8 Å². The molecule has 1 aliphatic rings. The highest BCUT2D eigenvalue weighted by Gasteiger charge is 2.35. The lowest BCUT2D eigenvalue weighted by molar-refractivity contribution is -0.122. The van der Waals surface area contributed by atoms with Crippen molar-refractivity contribution in [3.63, 3.8) is 0 Å². The molecule has 0 spiro atoms. The Hall–Kier alpha value is -3.73. The number of pyridine rings is 1. The Bertz CT molecular complexity index is 1240. The van der Waals surface area contributed by atoms with Gasteiger partial charge in [-0.2, -0.15) is 0 Å². The van der Waals surface area contributed by atoms with Crippen LogP contribution in [-0.2, 0) is 9.59 Å². The number of anilines is 2. The van der Waals surface area contributed by atoms with Gasteiger partial charge in [0.1, 0.15) is 0 Å². The SMILES string of the molecule is O=C(Nc1cccc2cccnc12)[C@@H]1CC(=O)N(c2cccc3ccccc23)C1. The third-order valence-corrected chi connectivity index (χ3v) is 5.44. The van der Waals surface area contributed by atoms with Gasteiger partial charge in [-0.25, -0.2) is 0 Å². The molecule has 0 unspecified atom stereocenters. The van der Waals surface area contributed by atoms with Gasteiger partial charge in [0.05, 0.1) is 22.8 Å². The van der Waals surface area contributed by atoms with E-state index in [0.717, 1.165) is 27.4 Å². The second kappa shape index (κ2) is 7.02. The number of para-hydroxylation sites is 1. The third-order valence-electron chi connectivity index (χ3n) is 5.44. The Morgan fingerprint density at radius 2 is 1.69 bits per heavy atom. The molecule has 29 heavy (non-hydrogen) atoms. The van der Waals surface area contributed by atoms with Gasteiger partial charge in [0.2, 0.25) is 11.8 Å². The van der Waals surface area contributed by atoms with Crippen LogP contribution in [-0.4, -0.2) is 23.3 Å². The van der Waals surface area contributed by atoms with Crippen LogP contribution in [0, 0.1) is 5.92 Å². The van der Waals surface area contributed by atoms with Crippen LogP contribution in [0.1, 0.15) is 6.42 Å². The molecule has 5 rings (SSSR count). The normalized spacial score (nSPS) is 16.5. The van der Waals surface area contributed by atoms with Crippen LogP contribution >= 0.6 is 0 Å². The number of hydrogen-bond donors (Lipinski definition) is 1. The number of nitrogens with one attached hydrogen (secondary N) is 1. The molecule has 2 heterocycles. The van der Waals surface area contributed by atoms with Crippen molar-refractivity contribution in [2.45, 2.75) is 6.42 Å². The molecule has 1 aliphatic heterocycles. The molecular formula is C24H19N3O2. The standard InChI is InChI=1S/C24H19N3O2/c28-22-14-18(15-27(22)21-12-4-7-16-6-1-2-10-19(16)21)24(29)26-20-11-3-8-17-9-5-13-25-23(17)20/h1-13,18H,14-15H2,(H,26,29)/t18-/m1/s1. The third kappa shape index (κ3) is 3.10.